The van der Waals surface area contributed by atoms with Gasteiger partial charge in [0.2, 0.25) is 0 Å². The molecule has 1 amide bonds. The molecule has 3 nitrogen and oxygen atoms in total. The molecule has 2 aromatic rings. The van der Waals surface area contributed by atoms with Crippen LogP contribution in [0.15, 0.2) is 36.4 Å². The Morgan fingerprint density at radius 2 is 1.59 bits per heavy atom. The lowest BCUT2D eigenvalue weighted by Gasteiger charge is -2.18. The molecule has 0 aliphatic rings. The van der Waals surface area contributed by atoms with Crippen molar-refractivity contribution in [3.8, 4) is 5.75 Å². The van der Waals surface area contributed by atoms with E-state index in [0.717, 1.165) is 11.3 Å². The van der Waals surface area contributed by atoms with E-state index < -0.39 is 0 Å². The van der Waals surface area contributed by atoms with E-state index in [1.165, 1.54) is 16.7 Å². The molecule has 0 aliphatic carbocycles. The van der Waals surface area contributed by atoms with Crippen molar-refractivity contribution in [1.82, 2.24) is 5.32 Å². The summed E-state index contributed by atoms with van der Waals surface area (Å²) in [4.78, 5) is 12.3. The topological polar surface area (TPSA) is 38.3 Å². The van der Waals surface area contributed by atoms with Gasteiger partial charge < -0.3 is 10.1 Å². The third-order valence-electron chi connectivity index (χ3n) is 4.05. The van der Waals surface area contributed by atoms with Gasteiger partial charge in [0.25, 0.3) is 5.91 Å². The smallest absolute Gasteiger partial charge is 0.251 e. The van der Waals surface area contributed by atoms with Crippen LogP contribution in [0.2, 0.25) is 0 Å². The normalized spacial score (nSPS) is 11.9. The Kier molecular flexibility index (Phi) is 4.86. The molecule has 22 heavy (non-hydrogen) atoms. The van der Waals surface area contributed by atoms with Gasteiger partial charge in [-0.3, -0.25) is 4.79 Å². The molecule has 1 N–H and O–H groups in total. The molecule has 0 aliphatic heterocycles. The molecule has 0 bridgehead atoms. The average Bonchev–Trinajstić information content (AvgIpc) is 2.50. The van der Waals surface area contributed by atoms with E-state index in [1.54, 1.807) is 31.4 Å². The van der Waals surface area contributed by atoms with E-state index in [-0.39, 0.29) is 11.9 Å². The first kappa shape index (κ1) is 16.1. The summed E-state index contributed by atoms with van der Waals surface area (Å²) in [5.41, 5.74) is 5.51. The Balaban J connectivity index is 2.15. The van der Waals surface area contributed by atoms with Crippen LogP contribution in [0.1, 0.15) is 45.6 Å². The van der Waals surface area contributed by atoms with E-state index in [1.807, 2.05) is 6.92 Å². The third kappa shape index (κ3) is 3.48. The molecule has 0 saturated carbocycles. The van der Waals surface area contributed by atoms with Crippen molar-refractivity contribution in [1.29, 1.82) is 0 Å². The lowest BCUT2D eigenvalue weighted by molar-refractivity contribution is 0.0940. The van der Waals surface area contributed by atoms with E-state index >= 15 is 0 Å². The number of rotatable bonds is 4. The van der Waals surface area contributed by atoms with Crippen molar-refractivity contribution >= 4 is 5.91 Å². The SMILES string of the molecule is COc1ccc(C(=O)N[C@H](C)c2cc(C)c(C)cc2C)cc1. The van der Waals surface area contributed by atoms with Crippen LogP contribution in [-0.4, -0.2) is 13.0 Å². The van der Waals surface area contributed by atoms with Gasteiger partial charge in [0.1, 0.15) is 5.75 Å². The van der Waals surface area contributed by atoms with Crippen LogP contribution < -0.4 is 10.1 Å². The second kappa shape index (κ2) is 6.65. The number of benzene rings is 2. The molecule has 0 fully saturated rings. The quantitative estimate of drug-likeness (QED) is 0.922. The highest BCUT2D eigenvalue weighted by Gasteiger charge is 2.14. The molecule has 2 aromatic carbocycles. The first-order valence-electron chi connectivity index (χ1n) is 7.45. The van der Waals surface area contributed by atoms with Crippen molar-refractivity contribution in [2.45, 2.75) is 33.7 Å². The maximum Gasteiger partial charge on any atom is 0.251 e. The van der Waals surface area contributed by atoms with E-state index in [4.69, 9.17) is 4.74 Å². The lowest BCUT2D eigenvalue weighted by Crippen LogP contribution is -2.27. The largest absolute Gasteiger partial charge is 0.497 e. The molecule has 0 radical (unpaired) electrons. The predicted octanol–water partition coefficient (Wildman–Crippen LogP) is 4.11. The van der Waals surface area contributed by atoms with Crippen LogP contribution in [0, 0.1) is 20.8 Å². The molecule has 0 unspecified atom stereocenters. The fourth-order valence-corrected chi connectivity index (χ4v) is 2.55. The minimum atomic E-state index is -0.0761. The number of aryl methyl sites for hydroxylation is 3. The first-order chi connectivity index (χ1) is 10.4. The molecular formula is C19H23NO2. The van der Waals surface area contributed by atoms with Gasteiger partial charge in [-0.25, -0.2) is 0 Å². The molecular weight excluding hydrogens is 274 g/mol. The van der Waals surface area contributed by atoms with Crippen molar-refractivity contribution in [2.75, 3.05) is 7.11 Å². The number of amides is 1. The van der Waals surface area contributed by atoms with Gasteiger partial charge in [0, 0.05) is 5.56 Å². The van der Waals surface area contributed by atoms with E-state index in [0.29, 0.717) is 5.56 Å². The van der Waals surface area contributed by atoms with Crippen LogP contribution in [0.5, 0.6) is 5.75 Å². The number of hydrogen-bond donors (Lipinski definition) is 1. The zero-order valence-electron chi connectivity index (χ0n) is 13.9. The first-order valence-corrected chi connectivity index (χ1v) is 7.45. The Labute approximate surface area is 132 Å². The Morgan fingerprint density at radius 3 is 2.18 bits per heavy atom. The molecule has 0 aromatic heterocycles. The predicted molar refractivity (Wildman–Crippen MR) is 89.5 cm³/mol. The summed E-state index contributed by atoms with van der Waals surface area (Å²) in [7, 11) is 1.61. The van der Waals surface area contributed by atoms with E-state index in [2.05, 4.69) is 38.2 Å². The molecule has 2 rings (SSSR count). The van der Waals surface area contributed by atoms with Crippen LogP contribution >= 0.6 is 0 Å². The molecule has 0 heterocycles. The Bertz CT molecular complexity index is 675. The van der Waals surface area contributed by atoms with Gasteiger partial charge in [-0.2, -0.15) is 0 Å². The summed E-state index contributed by atoms with van der Waals surface area (Å²) in [5.74, 6) is 0.669. The highest BCUT2D eigenvalue weighted by molar-refractivity contribution is 5.94. The number of carbonyl (C=O) groups is 1. The van der Waals surface area contributed by atoms with Gasteiger partial charge >= 0.3 is 0 Å². The van der Waals surface area contributed by atoms with Crippen LogP contribution in [0.25, 0.3) is 0 Å². The van der Waals surface area contributed by atoms with Crippen molar-refractivity contribution in [2.24, 2.45) is 0 Å². The van der Waals surface area contributed by atoms with Gasteiger partial charge in [-0.05, 0) is 74.2 Å². The zero-order valence-corrected chi connectivity index (χ0v) is 13.9. The monoisotopic (exact) mass is 297 g/mol. The molecule has 0 spiro atoms. The number of nitrogens with one attached hydrogen (secondary N) is 1. The number of carbonyl (C=O) groups excluding carboxylic acids is 1. The summed E-state index contributed by atoms with van der Waals surface area (Å²) in [6, 6.07) is 11.4. The van der Waals surface area contributed by atoms with Crippen LogP contribution in [-0.2, 0) is 0 Å². The number of methoxy groups -OCH3 is 1. The van der Waals surface area contributed by atoms with Crippen molar-refractivity contribution in [3.05, 3.63) is 64.2 Å². The fraction of sp³-hybridized carbons (Fsp3) is 0.316. The van der Waals surface area contributed by atoms with Gasteiger partial charge in [-0.15, -0.1) is 0 Å². The Hall–Kier alpha value is -2.29. The summed E-state index contributed by atoms with van der Waals surface area (Å²) in [6.07, 6.45) is 0. The second-order valence-electron chi connectivity index (χ2n) is 5.72. The minimum Gasteiger partial charge on any atom is -0.497 e. The molecule has 1 atom stereocenters. The fourth-order valence-electron chi connectivity index (χ4n) is 2.55. The summed E-state index contributed by atoms with van der Waals surface area (Å²) < 4.78 is 5.11. The maximum absolute atomic E-state index is 12.3. The molecule has 116 valence electrons. The molecule has 0 saturated heterocycles. The lowest BCUT2D eigenvalue weighted by atomic mass is 9.96. The van der Waals surface area contributed by atoms with Crippen molar-refractivity contribution in [3.63, 3.8) is 0 Å². The average molecular weight is 297 g/mol. The van der Waals surface area contributed by atoms with Crippen LogP contribution in [0.4, 0.5) is 0 Å². The zero-order chi connectivity index (χ0) is 16.3. The highest BCUT2D eigenvalue weighted by Crippen LogP contribution is 2.22. The standard InChI is InChI=1S/C19H23NO2/c1-12-10-14(3)18(11-13(12)2)15(4)20-19(21)16-6-8-17(22-5)9-7-16/h6-11,15H,1-5H3,(H,20,21)/t15-/m1/s1. The van der Waals surface area contributed by atoms with Gasteiger partial charge in [0.15, 0.2) is 0 Å². The Morgan fingerprint density at radius 1 is 1.00 bits per heavy atom. The summed E-state index contributed by atoms with van der Waals surface area (Å²) in [5, 5.41) is 3.06. The van der Waals surface area contributed by atoms with Crippen LogP contribution in [0.3, 0.4) is 0 Å². The number of hydrogen-bond acceptors (Lipinski definition) is 2. The summed E-state index contributed by atoms with van der Waals surface area (Å²) >= 11 is 0. The highest BCUT2D eigenvalue weighted by atomic mass is 16.5. The molecule has 3 heteroatoms. The van der Waals surface area contributed by atoms with E-state index in [9.17, 15) is 4.79 Å². The third-order valence-corrected chi connectivity index (χ3v) is 4.05. The number of ether oxygens (including phenoxy) is 1. The van der Waals surface area contributed by atoms with Crippen molar-refractivity contribution < 1.29 is 9.53 Å². The van der Waals surface area contributed by atoms with Gasteiger partial charge in [-0.1, -0.05) is 12.1 Å². The van der Waals surface area contributed by atoms with Gasteiger partial charge in [0.05, 0.1) is 13.2 Å². The minimum absolute atomic E-state index is 0.0334. The second-order valence-corrected chi connectivity index (χ2v) is 5.72. The maximum atomic E-state index is 12.3. The summed E-state index contributed by atoms with van der Waals surface area (Å²) in [6.45, 7) is 8.29.